The zero-order valence-electron chi connectivity index (χ0n) is 18.8. The maximum absolute atomic E-state index is 12.0. The van der Waals surface area contributed by atoms with E-state index in [4.69, 9.17) is 16.3 Å². The molecule has 33 heavy (non-hydrogen) atoms. The first-order valence-corrected chi connectivity index (χ1v) is 12.4. The molecule has 13 heteroatoms. The summed E-state index contributed by atoms with van der Waals surface area (Å²) in [6.45, 7) is 7.11. The topological polar surface area (TPSA) is 148 Å². The number of sulfone groups is 1. The van der Waals surface area contributed by atoms with E-state index in [1.165, 1.54) is 17.6 Å². The Morgan fingerprint density at radius 2 is 1.94 bits per heavy atom. The highest BCUT2D eigenvalue weighted by atomic mass is 35.5. The van der Waals surface area contributed by atoms with E-state index in [1.807, 2.05) is 20.8 Å². The van der Waals surface area contributed by atoms with E-state index >= 15 is 0 Å². The Morgan fingerprint density at radius 3 is 2.52 bits per heavy atom. The largest absolute Gasteiger partial charge is 0.448 e. The van der Waals surface area contributed by atoms with Crippen LogP contribution >= 0.6 is 11.6 Å². The molecule has 178 valence electrons. The van der Waals surface area contributed by atoms with Crippen LogP contribution in [0.1, 0.15) is 33.4 Å². The van der Waals surface area contributed by atoms with Crippen LogP contribution in [0.25, 0.3) is 17.0 Å². The number of amides is 2. The maximum Gasteiger partial charge on any atom is 0.411 e. The third kappa shape index (κ3) is 6.02. The second kappa shape index (κ2) is 9.02. The van der Waals surface area contributed by atoms with Gasteiger partial charge in [0.1, 0.15) is 11.6 Å². The minimum atomic E-state index is -3.25. The molecule has 0 bridgehead atoms. The van der Waals surface area contributed by atoms with Crippen LogP contribution in [0.15, 0.2) is 18.2 Å². The highest BCUT2D eigenvalue weighted by Gasteiger charge is 2.25. The van der Waals surface area contributed by atoms with Crippen LogP contribution in [-0.2, 0) is 24.8 Å². The molecule has 0 aliphatic rings. The number of benzene rings is 1. The smallest absolute Gasteiger partial charge is 0.411 e. The maximum atomic E-state index is 12.0. The van der Waals surface area contributed by atoms with E-state index in [9.17, 15) is 18.0 Å². The molecule has 0 atom stereocenters. The zero-order chi connectivity index (χ0) is 24.6. The van der Waals surface area contributed by atoms with Gasteiger partial charge in [0.05, 0.1) is 17.1 Å². The number of ether oxygens (including phenoxy) is 1. The molecule has 0 aliphatic carbocycles. The van der Waals surface area contributed by atoms with Crippen LogP contribution in [0.5, 0.6) is 0 Å². The van der Waals surface area contributed by atoms with Crippen molar-refractivity contribution in [2.24, 2.45) is 0 Å². The number of aromatic amines is 1. The summed E-state index contributed by atoms with van der Waals surface area (Å²) < 4.78 is 28.6. The molecule has 0 spiro atoms. The average molecular weight is 497 g/mol. The molecule has 2 aromatic heterocycles. The number of hydrogen-bond donors (Lipinski definition) is 3. The number of fused-ring (bicyclic) bond motifs is 1. The molecule has 3 aromatic rings. The van der Waals surface area contributed by atoms with Crippen LogP contribution in [0.3, 0.4) is 0 Å². The number of anilines is 2. The first-order chi connectivity index (χ1) is 15.2. The minimum Gasteiger partial charge on any atom is -0.448 e. The molecule has 3 rings (SSSR count). The molecule has 3 N–H and O–H groups in total. The van der Waals surface area contributed by atoms with Crippen molar-refractivity contribution in [3.8, 4) is 11.4 Å². The molecular weight excluding hydrogens is 472 g/mol. The number of carbonyl (C=O) groups is 2. The van der Waals surface area contributed by atoms with Gasteiger partial charge in [-0.2, -0.15) is 4.63 Å². The fraction of sp³-hybridized carbons (Fsp3) is 0.400. The van der Waals surface area contributed by atoms with Crippen molar-refractivity contribution in [3.63, 3.8) is 0 Å². The van der Waals surface area contributed by atoms with E-state index in [0.29, 0.717) is 33.4 Å². The molecule has 0 unspecified atom stereocenters. The predicted octanol–water partition coefficient (Wildman–Crippen LogP) is 3.23. The Kier molecular flexibility index (Phi) is 6.70. The van der Waals surface area contributed by atoms with Gasteiger partial charge in [0.2, 0.25) is 5.91 Å². The van der Waals surface area contributed by atoms with Gasteiger partial charge < -0.3 is 10.1 Å². The molecule has 0 saturated carbocycles. The van der Waals surface area contributed by atoms with Gasteiger partial charge in [0.25, 0.3) is 0 Å². The molecule has 0 fully saturated rings. The summed E-state index contributed by atoms with van der Waals surface area (Å²) in [6.07, 6.45) is 0.227. The van der Waals surface area contributed by atoms with Gasteiger partial charge in [-0.15, -0.1) is 5.10 Å². The molecule has 0 aliphatic heterocycles. The van der Waals surface area contributed by atoms with Gasteiger partial charge in [0.15, 0.2) is 21.3 Å². The Morgan fingerprint density at radius 1 is 1.24 bits per heavy atom. The number of nitrogens with zero attached hydrogens (tertiary/aromatic N) is 3. The number of aromatic nitrogens is 4. The van der Waals surface area contributed by atoms with E-state index in [0.717, 1.165) is 11.9 Å². The minimum absolute atomic E-state index is 0.232. The number of halogens is 1. The van der Waals surface area contributed by atoms with Crippen LogP contribution < -0.4 is 10.6 Å². The second-order valence-corrected chi connectivity index (χ2v) is 11.2. The van der Waals surface area contributed by atoms with E-state index in [-0.39, 0.29) is 23.7 Å². The lowest BCUT2D eigenvalue weighted by Crippen LogP contribution is -2.19. The number of nitrogens with one attached hydrogen (secondary N) is 3. The summed E-state index contributed by atoms with van der Waals surface area (Å²) in [5.74, 6) is -0.300. The van der Waals surface area contributed by atoms with Gasteiger partial charge in [-0.1, -0.05) is 32.4 Å². The number of hydrogen-bond acceptors (Lipinski definition) is 7. The summed E-state index contributed by atoms with van der Waals surface area (Å²) in [7, 11) is -3.25. The third-order valence-electron chi connectivity index (χ3n) is 4.50. The summed E-state index contributed by atoms with van der Waals surface area (Å²) in [4.78, 5) is 28.2. The van der Waals surface area contributed by atoms with E-state index < -0.39 is 15.9 Å². The number of carbonyl (C=O) groups excluding carboxylic acids is 2. The van der Waals surface area contributed by atoms with Gasteiger partial charge in [-0.05, 0) is 18.2 Å². The molecule has 1 aromatic carbocycles. The Balaban J connectivity index is 1.88. The standard InChI is InChI=1S/C20H25ClN6O5S/c1-11(28)22-14-10-12(23-19(29)32-8-9-33(5,30)31)6-7-13(14)17-24-18-15(21)16(20(2,3)4)25-27(18)26-17/h6-7,10,25H,8-9H2,1-5H3,(H,22,28)(H,23,29). The summed E-state index contributed by atoms with van der Waals surface area (Å²) in [6, 6.07) is 4.73. The van der Waals surface area contributed by atoms with Crippen LogP contribution in [-0.4, -0.2) is 58.8 Å². The summed E-state index contributed by atoms with van der Waals surface area (Å²) in [5, 5.41) is 13.2. The van der Waals surface area contributed by atoms with Crippen molar-refractivity contribution < 1.29 is 22.7 Å². The molecule has 0 radical (unpaired) electrons. The quantitative estimate of drug-likeness (QED) is 0.474. The van der Waals surface area contributed by atoms with Gasteiger partial charge in [-0.25, -0.2) is 18.2 Å². The zero-order valence-corrected chi connectivity index (χ0v) is 20.4. The van der Waals surface area contributed by atoms with Crippen LogP contribution in [0.4, 0.5) is 16.2 Å². The lowest BCUT2D eigenvalue weighted by molar-refractivity contribution is -0.114. The first kappa shape index (κ1) is 24.5. The second-order valence-electron chi connectivity index (χ2n) is 8.55. The Bertz CT molecular complexity index is 1320. The summed E-state index contributed by atoms with van der Waals surface area (Å²) >= 11 is 6.50. The molecular formula is C20H25ClN6O5S. The Hall–Kier alpha value is -3.12. The highest BCUT2D eigenvalue weighted by Crippen LogP contribution is 2.34. The van der Waals surface area contributed by atoms with Crippen molar-refractivity contribution in [1.82, 2.24) is 19.8 Å². The fourth-order valence-electron chi connectivity index (χ4n) is 2.96. The van der Waals surface area contributed by atoms with Crippen molar-refractivity contribution in [3.05, 3.63) is 28.9 Å². The van der Waals surface area contributed by atoms with E-state index in [2.05, 4.69) is 25.8 Å². The van der Waals surface area contributed by atoms with Crippen molar-refractivity contribution >= 4 is 50.5 Å². The SMILES string of the molecule is CC(=O)Nc1cc(NC(=O)OCCS(C)(=O)=O)ccc1-c1nc2c(Cl)c(C(C)(C)C)[nH]n2n1. The molecule has 11 nitrogen and oxygen atoms in total. The van der Waals surface area contributed by atoms with Gasteiger partial charge >= 0.3 is 6.09 Å². The van der Waals surface area contributed by atoms with Crippen molar-refractivity contribution in [1.29, 1.82) is 0 Å². The molecule has 2 amide bonds. The predicted molar refractivity (Wildman–Crippen MR) is 125 cm³/mol. The van der Waals surface area contributed by atoms with Crippen LogP contribution in [0.2, 0.25) is 5.02 Å². The number of rotatable bonds is 6. The van der Waals surface area contributed by atoms with Crippen molar-refractivity contribution in [2.45, 2.75) is 33.1 Å². The molecule has 0 saturated heterocycles. The molecule has 2 heterocycles. The van der Waals surface area contributed by atoms with E-state index in [1.54, 1.807) is 12.1 Å². The fourth-order valence-corrected chi connectivity index (χ4v) is 3.79. The normalized spacial score (nSPS) is 12.1. The van der Waals surface area contributed by atoms with Gasteiger partial charge in [0, 0.05) is 29.8 Å². The van der Waals surface area contributed by atoms with Crippen molar-refractivity contribution in [2.75, 3.05) is 29.2 Å². The monoisotopic (exact) mass is 496 g/mol. The van der Waals surface area contributed by atoms with Gasteiger partial charge in [-0.3, -0.25) is 15.2 Å². The number of H-pyrrole nitrogens is 1. The lowest BCUT2D eigenvalue weighted by Gasteiger charge is -2.16. The Labute approximate surface area is 195 Å². The first-order valence-electron chi connectivity index (χ1n) is 9.93. The average Bonchev–Trinajstić information content (AvgIpc) is 3.19. The summed E-state index contributed by atoms with van der Waals surface area (Å²) in [5.41, 5.74) is 2.20. The lowest BCUT2D eigenvalue weighted by atomic mass is 9.92. The third-order valence-corrected chi connectivity index (χ3v) is 5.76. The highest BCUT2D eigenvalue weighted by molar-refractivity contribution is 7.90. The van der Waals surface area contributed by atoms with Crippen LogP contribution in [0, 0.1) is 0 Å².